The molecule has 4 amide bonds. The lowest BCUT2D eigenvalue weighted by atomic mass is 9.85. The molecule has 12 nitrogen and oxygen atoms in total. The van der Waals surface area contributed by atoms with Crippen LogP contribution in [-0.4, -0.2) is 82.0 Å². The Bertz CT molecular complexity index is 1470. The number of benzene rings is 1. The van der Waals surface area contributed by atoms with Gasteiger partial charge < -0.3 is 29.9 Å². The quantitative estimate of drug-likeness (QED) is 0.312. The van der Waals surface area contributed by atoms with Crippen LogP contribution in [0.5, 0.6) is 0 Å². The molecule has 1 aromatic rings. The van der Waals surface area contributed by atoms with E-state index in [1.54, 1.807) is 31.7 Å². The molecule has 3 aliphatic heterocycles. The van der Waals surface area contributed by atoms with Crippen LogP contribution in [0.4, 0.5) is 9.59 Å². The lowest BCUT2D eigenvalue weighted by Gasteiger charge is -2.35. The topological polar surface area (TPSA) is 155 Å². The maximum absolute atomic E-state index is 14.3. The molecule has 1 saturated heterocycles. The number of ether oxygens (including phenoxy) is 2. The lowest BCUT2D eigenvalue weighted by molar-refractivity contribution is -0.142. The molecule has 7 atom stereocenters. The molecule has 1 unspecified atom stereocenters. The third kappa shape index (κ3) is 7.38. The normalized spacial score (nSPS) is 31.6. The molecule has 4 aliphatic rings. The van der Waals surface area contributed by atoms with Gasteiger partial charge >= 0.3 is 12.2 Å². The monoisotopic (exact) mass is 672 g/mol. The molecule has 4 bridgehead atoms. The van der Waals surface area contributed by atoms with Gasteiger partial charge in [0.25, 0.3) is 0 Å². The van der Waals surface area contributed by atoms with Gasteiger partial charge in [-0.1, -0.05) is 58.4 Å². The van der Waals surface area contributed by atoms with Crippen LogP contribution in [0, 0.1) is 17.3 Å². The first kappa shape index (κ1) is 35.0. The van der Waals surface area contributed by atoms with Gasteiger partial charge in [-0.2, -0.15) is 0 Å². The second kappa shape index (κ2) is 13.3. The van der Waals surface area contributed by atoms with Gasteiger partial charge in [0.2, 0.25) is 19.2 Å². The van der Waals surface area contributed by atoms with Crippen LogP contribution in [0.3, 0.4) is 0 Å². The Morgan fingerprint density at radius 2 is 1.91 bits per heavy atom. The van der Waals surface area contributed by atoms with Gasteiger partial charge in [-0.25, -0.2) is 9.59 Å². The van der Waals surface area contributed by atoms with Gasteiger partial charge in [0.1, 0.15) is 23.5 Å². The van der Waals surface area contributed by atoms with E-state index in [1.165, 1.54) is 17.1 Å². The summed E-state index contributed by atoms with van der Waals surface area (Å²) in [4.78, 5) is 68.2. The number of aryl methyl sites for hydroxylation is 1. The number of cyclic esters (lactones) is 1. The van der Waals surface area contributed by atoms with E-state index in [-0.39, 0.29) is 31.9 Å². The zero-order valence-corrected chi connectivity index (χ0v) is 29.0. The highest BCUT2D eigenvalue weighted by Gasteiger charge is 2.64. The highest BCUT2D eigenvalue weighted by molar-refractivity contribution is 7.59. The third-order valence-corrected chi connectivity index (χ3v) is 12.2. The second-order valence-corrected chi connectivity index (χ2v) is 17.4. The van der Waals surface area contributed by atoms with Crippen LogP contribution < -0.4 is 10.6 Å². The molecule has 0 spiro atoms. The molecule has 3 N–H and O–H groups in total. The summed E-state index contributed by atoms with van der Waals surface area (Å²) >= 11 is 0. The summed E-state index contributed by atoms with van der Waals surface area (Å²) in [5, 5.41) is 4.13. The summed E-state index contributed by atoms with van der Waals surface area (Å²) in [6, 6.07) is 3.93. The van der Waals surface area contributed by atoms with Crippen LogP contribution in [0.15, 0.2) is 30.9 Å². The number of fused-ring (bicyclic) bond motifs is 3. The predicted octanol–water partition coefficient (Wildman–Crippen LogP) is 4.53. The van der Waals surface area contributed by atoms with Crippen molar-refractivity contribution in [1.29, 1.82) is 0 Å². The number of amides is 4. The van der Waals surface area contributed by atoms with Crippen molar-refractivity contribution in [3.63, 3.8) is 0 Å². The van der Waals surface area contributed by atoms with E-state index in [1.807, 2.05) is 19.1 Å². The fourth-order valence-electron chi connectivity index (χ4n) is 7.11. The average Bonchev–Trinajstić information content (AvgIpc) is 3.31. The third-order valence-electron chi connectivity index (χ3n) is 10.1. The number of carbonyl (C=O) groups excluding carboxylic acids is 4. The van der Waals surface area contributed by atoms with Crippen LogP contribution in [0.25, 0.3) is 0 Å². The molecule has 5 rings (SSSR count). The number of hydrogen-bond acceptors (Lipinski definition) is 7. The molecule has 258 valence electrons. The minimum Gasteiger partial charge on any atom is -0.449 e. The highest BCUT2D eigenvalue weighted by Crippen LogP contribution is 2.67. The van der Waals surface area contributed by atoms with Crippen LogP contribution in [0.2, 0.25) is 0 Å². The van der Waals surface area contributed by atoms with Crippen LogP contribution in [0.1, 0.15) is 76.5 Å². The van der Waals surface area contributed by atoms with Crippen molar-refractivity contribution in [2.45, 2.75) is 103 Å². The van der Waals surface area contributed by atoms with E-state index in [0.717, 1.165) is 36.8 Å². The van der Waals surface area contributed by atoms with E-state index in [2.05, 4.69) is 23.3 Å². The Kier molecular flexibility index (Phi) is 9.86. The Hall–Kier alpha value is -3.37. The summed E-state index contributed by atoms with van der Waals surface area (Å²) in [5.41, 5.74) is 2.62. The predicted molar refractivity (Wildman–Crippen MR) is 175 cm³/mol. The first-order valence-electron chi connectivity index (χ1n) is 16.6. The highest BCUT2D eigenvalue weighted by atomic mass is 31.2. The number of hydrogen-bond donors (Lipinski definition) is 3. The molecular formula is C34H49N4O8P. The average molecular weight is 673 g/mol. The van der Waals surface area contributed by atoms with E-state index in [9.17, 15) is 28.6 Å². The number of nitrogens with zero attached hydrogens (tertiary/aromatic N) is 2. The molecule has 1 aliphatic carbocycles. The van der Waals surface area contributed by atoms with E-state index in [4.69, 9.17) is 9.47 Å². The van der Waals surface area contributed by atoms with E-state index >= 15 is 0 Å². The van der Waals surface area contributed by atoms with Crippen molar-refractivity contribution >= 4 is 31.4 Å². The van der Waals surface area contributed by atoms with Gasteiger partial charge in [-0.3, -0.25) is 19.1 Å². The molecule has 0 aromatic heterocycles. The SMILES string of the molecule is C=C[C@@H]1C[C@]1(NC(=O)[C@@H]1C[C@@H]2CN1C(=O)[C@H](C(C)(C)C)NC(=O)OC[C@H](C)CCCCc1cccc3c1CN(C3)C(=O)O2)P(C)(=O)O. The minimum atomic E-state index is -3.81. The molecule has 3 heterocycles. The molecule has 2 fully saturated rings. The molecule has 1 saturated carbocycles. The standard InChI is InChI=1S/C34H49N4O8P/c1-7-24-16-34(24,47(6,43)44)36-29(39)27-15-25-18-38(27)30(40)28(33(3,4)5)35-31(41)45-20-21(2)11-8-9-12-22-13-10-14-23-17-37(19-26(22)23)32(42)46-25/h7,10,13-14,21,24-25,27-28H,1,8-9,11-12,15-20H2,2-6H3,(H,35,41)(H,36,39)(H,43,44)/t21-,24-,25-,27+,28-,34+/m1/s1. The van der Waals surface area contributed by atoms with Crippen molar-refractivity contribution in [1.82, 2.24) is 20.4 Å². The lowest BCUT2D eigenvalue weighted by Crippen LogP contribution is -2.58. The summed E-state index contributed by atoms with van der Waals surface area (Å²) < 4.78 is 24.4. The Morgan fingerprint density at radius 1 is 1.19 bits per heavy atom. The largest absolute Gasteiger partial charge is 0.449 e. The smallest absolute Gasteiger partial charge is 0.410 e. The Morgan fingerprint density at radius 3 is 2.57 bits per heavy atom. The zero-order valence-electron chi connectivity index (χ0n) is 28.1. The molecular weight excluding hydrogens is 623 g/mol. The number of alkyl carbamates (subject to hydrolysis) is 1. The van der Waals surface area contributed by atoms with Crippen molar-refractivity contribution < 1.29 is 38.1 Å². The fourth-order valence-corrected chi connectivity index (χ4v) is 8.68. The Balaban J connectivity index is 1.44. The number of rotatable bonds is 4. The van der Waals surface area contributed by atoms with Gasteiger partial charge in [-0.15, -0.1) is 6.58 Å². The summed E-state index contributed by atoms with van der Waals surface area (Å²) in [6.45, 7) is 13.3. The number of carbonyl (C=O) groups is 4. The zero-order chi connectivity index (χ0) is 34.3. The first-order chi connectivity index (χ1) is 22.0. The van der Waals surface area contributed by atoms with Gasteiger partial charge in [0.15, 0.2) is 0 Å². The molecule has 47 heavy (non-hydrogen) atoms. The summed E-state index contributed by atoms with van der Waals surface area (Å²) in [5.74, 6) is -1.45. The van der Waals surface area contributed by atoms with Gasteiger partial charge in [0.05, 0.1) is 13.2 Å². The van der Waals surface area contributed by atoms with Gasteiger partial charge in [0, 0.05) is 32.1 Å². The maximum Gasteiger partial charge on any atom is 0.410 e. The van der Waals surface area contributed by atoms with Crippen molar-refractivity contribution in [2.24, 2.45) is 17.3 Å². The maximum atomic E-state index is 14.3. The molecule has 0 radical (unpaired) electrons. The van der Waals surface area contributed by atoms with Gasteiger partial charge in [-0.05, 0) is 53.7 Å². The van der Waals surface area contributed by atoms with Crippen LogP contribution >= 0.6 is 7.37 Å². The number of nitrogens with one attached hydrogen (secondary N) is 2. The van der Waals surface area contributed by atoms with E-state index < -0.39 is 66.2 Å². The molecule has 13 heteroatoms. The summed E-state index contributed by atoms with van der Waals surface area (Å²) in [6.07, 6.45) is 3.32. The van der Waals surface area contributed by atoms with E-state index in [0.29, 0.717) is 13.1 Å². The first-order valence-corrected chi connectivity index (χ1v) is 18.7. The van der Waals surface area contributed by atoms with Crippen molar-refractivity contribution in [3.05, 3.63) is 47.5 Å². The van der Waals surface area contributed by atoms with Crippen molar-refractivity contribution in [2.75, 3.05) is 19.8 Å². The Labute approximate surface area is 277 Å². The summed E-state index contributed by atoms with van der Waals surface area (Å²) in [7, 11) is -3.81. The van der Waals surface area contributed by atoms with Crippen molar-refractivity contribution in [3.8, 4) is 0 Å². The molecule has 1 aromatic carbocycles. The second-order valence-electron chi connectivity index (χ2n) is 14.9. The minimum absolute atomic E-state index is 0.0115. The fraction of sp³-hybridized carbons (Fsp3) is 0.647. The van der Waals surface area contributed by atoms with Crippen LogP contribution in [-0.2, 0) is 43.1 Å².